The molecule has 0 amide bonds. The molecule has 8 aromatic carbocycles. The maximum atomic E-state index is 5.48. The first-order chi connectivity index (χ1) is 24.8. The molecule has 0 saturated heterocycles. The van der Waals surface area contributed by atoms with Gasteiger partial charge in [0.25, 0.3) is 0 Å². The molecule has 11 rings (SSSR count). The van der Waals surface area contributed by atoms with Crippen LogP contribution in [0.3, 0.4) is 0 Å². The van der Waals surface area contributed by atoms with Crippen molar-refractivity contribution in [1.82, 2.24) is 9.13 Å². The van der Waals surface area contributed by atoms with Crippen molar-refractivity contribution >= 4 is 82.2 Å². The molecule has 0 aliphatic carbocycles. The van der Waals surface area contributed by atoms with Gasteiger partial charge in [-0.1, -0.05) is 121 Å². The summed E-state index contributed by atoms with van der Waals surface area (Å²) in [4.78, 5) is 5.48. The van der Waals surface area contributed by atoms with E-state index < -0.39 is 0 Å². The maximum absolute atomic E-state index is 5.48. The zero-order valence-electron chi connectivity index (χ0n) is 27.1. The number of nitrogens with one attached hydrogen (secondary N) is 1. The van der Waals surface area contributed by atoms with Crippen molar-refractivity contribution in [3.63, 3.8) is 0 Å². The molecule has 0 bridgehead atoms. The van der Waals surface area contributed by atoms with Gasteiger partial charge in [0.05, 0.1) is 39.2 Å². The van der Waals surface area contributed by atoms with Crippen LogP contribution < -0.4 is 5.32 Å². The largest absolute Gasteiger partial charge is 0.358 e. The summed E-state index contributed by atoms with van der Waals surface area (Å²) in [6, 6.07) is 61.2. The summed E-state index contributed by atoms with van der Waals surface area (Å²) in [6.45, 7) is 0. The molecule has 50 heavy (non-hydrogen) atoms. The second kappa shape index (κ2) is 10.4. The minimum Gasteiger partial charge on any atom is -0.358 e. The number of nitrogens with zero attached hydrogens (tertiary/aromatic N) is 3. The molecule has 0 fully saturated rings. The summed E-state index contributed by atoms with van der Waals surface area (Å²) in [6.07, 6.45) is -0.265. The lowest BCUT2D eigenvalue weighted by atomic mass is 10.00. The van der Waals surface area contributed by atoms with Crippen molar-refractivity contribution in [1.29, 1.82) is 0 Å². The zero-order valence-corrected chi connectivity index (χ0v) is 27.1. The first kappa shape index (κ1) is 27.3. The molecule has 234 valence electrons. The normalized spacial score (nSPS) is 14.5. The molecule has 1 aliphatic heterocycles. The first-order valence-electron chi connectivity index (χ1n) is 17.2. The highest BCUT2D eigenvalue weighted by Gasteiger charge is 2.30. The van der Waals surface area contributed by atoms with Gasteiger partial charge >= 0.3 is 0 Å². The molecule has 1 atom stereocenters. The fourth-order valence-corrected chi connectivity index (χ4v) is 8.35. The van der Waals surface area contributed by atoms with Gasteiger partial charge in [0.2, 0.25) is 0 Å². The van der Waals surface area contributed by atoms with E-state index in [-0.39, 0.29) is 6.17 Å². The van der Waals surface area contributed by atoms with Crippen LogP contribution >= 0.6 is 0 Å². The number of para-hydroxylation sites is 4. The van der Waals surface area contributed by atoms with Gasteiger partial charge in [-0.3, -0.25) is 0 Å². The van der Waals surface area contributed by atoms with Crippen molar-refractivity contribution < 1.29 is 0 Å². The Labute approximate surface area is 288 Å². The minimum atomic E-state index is -0.265. The lowest BCUT2D eigenvalue weighted by Gasteiger charge is -2.30. The van der Waals surface area contributed by atoms with E-state index in [4.69, 9.17) is 4.99 Å². The summed E-state index contributed by atoms with van der Waals surface area (Å²) in [5, 5.41) is 14.0. The Morgan fingerprint density at radius 2 is 1.06 bits per heavy atom. The van der Waals surface area contributed by atoms with Crippen molar-refractivity contribution in [2.24, 2.45) is 4.99 Å². The minimum absolute atomic E-state index is 0.265. The van der Waals surface area contributed by atoms with Gasteiger partial charge in [0.1, 0.15) is 6.17 Å². The van der Waals surface area contributed by atoms with Gasteiger partial charge in [-0.25, -0.2) is 4.99 Å². The average Bonchev–Trinajstić information content (AvgIpc) is 3.71. The predicted octanol–water partition coefficient (Wildman–Crippen LogP) is 11.9. The van der Waals surface area contributed by atoms with Crippen LogP contribution in [0.2, 0.25) is 0 Å². The van der Waals surface area contributed by atoms with E-state index in [1.807, 2.05) is 0 Å². The van der Waals surface area contributed by atoms with Gasteiger partial charge in [0.15, 0.2) is 0 Å². The molecule has 10 aromatic rings. The predicted molar refractivity (Wildman–Crippen MR) is 211 cm³/mol. The number of benzene rings is 8. The van der Waals surface area contributed by atoms with Crippen LogP contribution in [0.1, 0.15) is 11.7 Å². The molecule has 4 heteroatoms. The first-order valence-corrected chi connectivity index (χ1v) is 17.2. The second-order valence-corrected chi connectivity index (χ2v) is 13.2. The summed E-state index contributed by atoms with van der Waals surface area (Å²) in [7, 11) is 0. The van der Waals surface area contributed by atoms with E-state index in [0.717, 1.165) is 33.9 Å². The quantitative estimate of drug-likeness (QED) is 0.205. The number of rotatable bonds is 3. The van der Waals surface area contributed by atoms with Crippen LogP contribution in [0.15, 0.2) is 175 Å². The SMILES string of the molecule is c1ccc(-n2c3ccccc3c3ccc(C4=Nc5ccccc5NC4n4c5ccc6ccccc6c5c5c6ccccc6ccc54)cc32)cc1. The Bertz CT molecular complexity index is 2920. The summed E-state index contributed by atoms with van der Waals surface area (Å²) in [5.74, 6) is 0. The van der Waals surface area contributed by atoms with E-state index in [9.17, 15) is 0 Å². The Balaban J connectivity index is 1.23. The average molecular weight is 639 g/mol. The molecule has 1 N–H and O–H groups in total. The highest BCUT2D eigenvalue weighted by Crippen LogP contribution is 2.44. The van der Waals surface area contributed by atoms with Gasteiger partial charge in [-0.2, -0.15) is 0 Å². The van der Waals surface area contributed by atoms with Crippen LogP contribution in [0.25, 0.3) is 70.8 Å². The van der Waals surface area contributed by atoms with E-state index in [1.54, 1.807) is 0 Å². The number of anilines is 1. The highest BCUT2D eigenvalue weighted by molar-refractivity contribution is 6.29. The smallest absolute Gasteiger partial charge is 0.148 e. The third kappa shape index (κ3) is 3.84. The van der Waals surface area contributed by atoms with Crippen molar-refractivity contribution in [2.45, 2.75) is 6.17 Å². The third-order valence-corrected chi connectivity index (χ3v) is 10.5. The Morgan fingerprint density at radius 3 is 1.80 bits per heavy atom. The Kier molecular flexibility index (Phi) is 5.69. The number of aromatic nitrogens is 2. The number of fused-ring (bicyclic) bond motifs is 11. The Morgan fingerprint density at radius 1 is 0.460 bits per heavy atom. The number of aliphatic imine (C=N–C) groups is 1. The monoisotopic (exact) mass is 638 g/mol. The maximum Gasteiger partial charge on any atom is 0.148 e. The molecule has 1 aliphatic rings. The highest BCUT2D eigenvalue weighted by atomic mass is 15.2. The fourth-order valence-electron chi connectivity index (χ4n) is 8.35. The molecule has 0 radical (unpaired) electrons. The van der Waals surface area contributed by atoms with Crippen LogP contribution in [0.5, 0.6) is 0 Å². The number of hydrogen-bond acceptors (Lipinski definition) is 2. The standard InChI is InChI=1S/C46H30N4/c1-2-14-32(15-3-1)49-39-21-11-8-18-35(39)36-25-22-31(28-42(36)49)45-46(48-38-20-10-9-19-37(38)47-45)50-40-26-23-29-12-4-6-16-33(29)43(40)44-34-17-7-5-13-30(34)24-27-41(44)50/h1-28,46,48H. The molecule has 3 heterocycles. The molecule has 4 nitrogen and oxygen atoms in total. The summed E-state index contributed by atoms with van der Waals surface area (Å²) in [5.41, 5.74) is 9.89. The van der Waals surface area contributed by atoms with Crippen LogP contribution in [0, 0.1) is 0 Å². The second-order valence-electron chi connectivity index (χ2n) is 13.2. The lowest BCUT2D eigenvalue weighted by Crippen LogP contribution is -2.30. The van der Waals surface area contributed by atoms with E-state index in [0.29, 0.717) is 0 Å². The Hall–Kier alpha value is -6.65. The van der Waals surface area contributed by atoms with Crippen LogP contribution in [-0.2, 0) is 0 Å². The van der Waals surface area contributed by atoms with E-state index in [1.165, 1.54) is 59.6 Å². The third-order valence-electron chi connectivity index (χ3n) is 10.5. The lowest BCUT2D eigenvalue weighted by molar-refractivity contribution is 0.759. The summed E-state index contributed by atoms with van der Waals surface area (Å²) >= 11 is 0. The van der Waals surface area contributed by atoms with E-state index in [2.05, 4.69) is 184 Å². The van der Waals surface area contributed by atoms with E-state index >= 15 is 0 Å². The topological polar surface area (TPSA) is 34.2 Å². The van der Waals surface area contributed by atoms with Crippen molar-refractivity contribution in [3.05, 3.63) is 175 Å². The molecule has 0 saturated carbocycles. The zero-order chi connectivity index (χ0) is 32.8. The molecule has 0 spiro atoms. The van der Waals surface area contributed by atoms with Gasteiger partial charge in [-0.05, 0) is 70.1 Å². The van der Waals surface area contributed by atoms with Crippen molar-refractivity contribution in [2.75, 3.05) is 5.32 Å². The van der Waals surface area contributed by atoms with Crippen LogP contribution in [0.4, 0.5) is 11.4 Å². The molecule has 2 aromatic heterocycles. The molecular formula is C46H30N4. The summed E-state index contributed by atoms with van der Waals surface area (Å²) < 4.78 is 4.86. The molecule has 1 unspecified atom stereocenters. The van der Waals surface area contributed by atoms with Gasteiger partial charge in [0, 0.05) is 32.8 Å². The number of hydrogen-bond donors (Lipinski definition) is 1. The van der Waals surface area contributed by atoms with Gasteiger partial charge in [-0.15, -0.1) is 0 Å². The van der Waals surface area contributed by atoms with Gasteiger partial charge < -0.3 is 14.5 Å². The molecular weight excluding hydrogens is 609 g/mol. The van der Waals surface area contributed by atoms with Crippen molar-refractivity contribution in [3.8, 4) is 5.69 Å². The fraction of sp³-hybridized carbons (Fsp3) is 0.0217. The van der Waals surface area contributed by atoms with Crippen LogP contribution in [-0.4, -0.2) is 14.8 Å².